The zero-order valence-corrected chi connectivity index (χ0v) is 55.9. The average molecular weight is 1320 g/mol. The summed E-state index contributed by atoms with van der Waals surface area (Å²) in [7, 11) is 1.59. The van der Waals surface area contributed by atoms with Crippen LogP contribution in [0, 0.1) is 0 Å². The van der Waals surface area contributed by atoms with Crippen molar-refractivity contribution >= 4 is 91.5 Å². The molecule has 7 aromatic carbocycles. The molecule has 3 aliphatic heterocycles. The molecule has 0 bridgehead atoms. The van der Waals surface area contributed by atoms with Gasteiger partial charge in [0.2, 0.25) is 0 Å². The molecule has 0 saturated carbocycles. The molecule has 10 rings (SSSR count). The van der Waals surface area contributed by atoms with E-state index >= 15 is 0 Å². The minimum atomic E-state index is -0.533. The topological polar surface area (TPSA) is 254 Å². The van der Waals surface area contributed by atoms with Crippen molar-refractivity contribution in [2.24, 2.45) is 0 Å². The Bertz CT molecular complexity index is 4170. The highest BCUT2D eigenvalue weighted by atomic mass is 16.6. The molecule has 0 aliphatic carbocycles. The SMILES string of the molecule is C=C(C)C(=O)OCCOc1ccc2c3c(ccc(C(=O)c4ccccc4)c13)C(=O)N(CC)C2=O.C=C(C)C(=O)OCCOc1ccc2c3c(ccc(OCCOC(=O)C(=C)C)c13)C(=O)N(CC)C2=O.CCCCCCCCOc1ccc2c3c(ccc(OC)c13)C(=O)N(CC)C2=O. The van der Waals surface area contributed by atoms with Crippen LogP contribution in [0.5, 0.6) is 28.7 Å². The van der Waals surface area contributed by atoms with Gasteiger partial charge in [0.05, 0.1) is 24.5 Å². The van der Waals surface area contributed by atoms with Crippen LogP contribution in [0.15, 0.2) is 140 Å². The highest BCUT2D eigenvalue weighted by Crippen LogP contribution is 2.44. The van der Waals surface area contributed by atoms with Crippen molar-refractivity contribution in [2.75, 3.05) is 73.0 Å². The normalized spacial score (nSPS) is 12.7. The first-order valence-electron chi connectivity index (χ1n) is 32.2. The maximum Gasteiger partial charge on any atom is 0.333 e. The summed E-state index contributed by atoms with van der Waals surface area (Å²) in [6.45, 7) is 24.1. The van der Waals surface area contributed by atoms with E-state index in [1.165, 1.54) is 40.4 Å². The first-order chi connectivity index (χ1) is 46.6. The summed E-state index contributed by atoms with van der Waals surface area (Å²) < 4.78 is 44.4. The molecule has 0 radical (unpaired) electrons. The summed E-state index contributed by atoms with van der Waals surface area (Å²) in [5.41, 5.74) is 3.99. The third-order valence-electron chi connectivity index (χ3n) is 16.1. The average Bonchev–Trinajstić information content (AvgIpc) is 0.750. The summed E-state index contributed by atoms with van der Waals surface area (Å²) in [5, 5.41) is 2.96. The van der Waals surface area contributed by atoms with Gasteiger partial charge in [-0.1, -0.05) is 89.1 Å². The number of benzene rings is 7. The Labute approximate surface area is 562 Å². The molecule has 0 aromatic heterocycles. The number of imide groups is 3. The lowest BCUT2D eigenvalue weighted by molar-refractivity contribution is -0.140. The summed E-state index contributed by atoms with van der Waals surface area (Å²) >= 11 is 0. The quantitative estimate of drug-likeness (QED) is 0.0105. The molecule has 506 valence electrons. The molecule has 0 N–H and O–H groups in total. The van der Waals surface area contributed by atoms with Gasteiger partial charge in [0.25, 0.3) is 35.4 Å². The number of carbonyl (C=O) groups excluding carboxylic acids is 10. The van der Waals surface area contributed by atoms with Gasteiger partial charge in [-0.15, -0.1) is 0 Å². The number of ether oxygens (including phenoxy) is 8. The highest BCUT2D eigenvalue weighted by molar-refractivity contribution is 6.31. The Morgan fingerprint density at radius 1 is 0.351 bits per heavy atom. The van der Waals surface area contributed by atoms with Crippen molar-refractivity contribution in [3.05, 3.63) is 184 Å². The van der Waals surface area contributed by atoms with Crippen LogP contribution in [0.2, 0.25) is 0 Å². The first kappa shape index (κ1) is 71.9. The minimum absolute atomic E-state index is 0.0135. The predicted molar refractivity (Wildman–Crippen MR) is 364 cm³/mol. The van der Waals surface area contributed by atoms with Crippen LogP contribution in [0.1, 0.15) is 165 Å². The van der Waals surface area contributed by atoms with E-state index in [1.54, 1.807) is 140 Å². The fraction of sp³-hybridized carbons (Fsp3) is 0.316. The third-order valence-corrected chi connectivity index (χ3v) is 16.1. The molecular formula is C76H79N3O18. The fourth-order valence-corrected chi connectivity index (χ4v) is 11.3. The van der Waals surface area contributed by atoms with Crippen molar-refractivity contribution in [3.63, 3.8) is 0 Å². The Balaban J connectivity index is 0.000000187. The molecule has 21 nitrogen and oxygen atoms in total. The number of carbonyl (C=O) groups is 10. The van der Waals surface area contributed by atoms with Crippen LogP contribution >= 0.6 is 0 Å². The molecule has 0 unspecified atom stereocenters. The molecule has 0 saturated heterocycles. The van der Waals surface area contributed by atoms with E-state index in [1.807, 2.05) is 12.1 Å². The number of nitrogens with zero attached hydrogens (tertiary/aromatic N) is 3. The molecule has 7 aromatic rings. The van der Waals surface area contributed by atoms with Crippen molar-refractivity contribution in [2.45, 2.75) is 87.0 Å². The number of unbranched alkanes of at least 4 members (excludes halogenated alkanes) is 5. The molecule has 21 heteroatoms. The van der Waals surface area contributed by atoms with Crippen LogP contribution in [-0.2, 0) is 28.6 Å². The van der Waals surface area contributed by atoms with Crippen LogP contribution in [0.4, 0.5) is 0 Å². The third kappa shape index (κ3) is 15.7. The van der Waals surface area contributed by atoms with Crippen molar-refractivity contribution < 1.29 is 85.8 Å². The number of amides is 6. The molecule has 0 atom stereocenters. The van der Waals surface area contributed by atoms with Crippen LogP contribution in [0.25, 0.3) is 32.3 Å². The number of esters is 3. The molecule has 6 amide bonds. The predicted octanol–water partition coefficient (Wildman–Crippen LogP) is 12.8. The minimum Gasteiger partial charge on any atom is -0.496 e. The molecule has 3 heterocycles. The lowest BCUT2D eigenvalue weighted by atomic mass is 9.88. The lowest BCUT2D eigenvalue weighted by Crippen LogP contribution is -2.40. The van der Waals surface area contributed by atoms with E-state index in [4.69, 9.17) is 37.9 Å². The zero-order chi connectivity index (χ0) is 70.2. The van der Waals surface area contributed by atoms with Crippen molar-refractivity contribution in [1.82, 2.24) is 14.7 Å². The Morgan fingerprint density at radius 3 is 1.01 bits per heavy atom. The van der Waals surface area contributed by atoms with Gasteiger partial charge >= 0.3 is 17.9 Å². The largest absolute Gasteiger partial charge is 0.496 e. The van der Waals surface area contributed by atoms with E-state index in [2.05, 4.69) is 26.7 Å². The monoisotopic (exact) mass is 1320 g/mol. The van der Waals surface area contributed by atoms with E-state index < -0.39 is 41.5 Å². The van der Waals surface area contributed by atoms with Crippen LogP contribution < -0.4 is 23.7 Å². The number of rotatable bonds is 29. The maximum absolute atomic E-state index is 13.4. The van der Waals surface area contributed by atoms with Gasteiger partial charge in [-0.3, -0.25) is 48.3 Å². The van der Waals surface area contributed by atoms with Gasteiger partial charge < -0.3 is 37.9 Å². The van der Waals surface area contributed by atoms with E-state index in [9.17, 15) is 47.9 Å². The first-order valence-corrected chi connectivity index (χ1v) is 32.2. The second-order valence-corrected chi connectivity index (χ2v) is 22.8. The number of methoxy groups -OCH3 is 1. The summed E-state index contributed by atoms with van der Waals surface area (Å²) in [5.74, 6) is -1.77. The van der Waals surface area contributed by atoms with Gasteiger partial charge in [-0.25, -0.2) is 14.4 Å². The van der Waals surface area contributed by atoms with Crippen molar-refractivity contribution in [3.8, 4) is 28.7 Å². The molecule has 3 aliphatic rings. The number of hydrogen-bond acceptors (Lipinski definition) is 18. The Kier molecular flexibility index (Phi) is 24.4. The molecular weight excluding hydrogens is 1240 g/mol. The van der Waals surface area contributed by atoms with Crippen LogP contribution in [-0.4, -0.2) is 147 Å². The number of ketones is 1. The van der Waals surface area contributed by atoms with Gasteiger partial charge in [0.15, 0.2) is 5.78 Å². The molecule has 0 fully saturated rings. The smallest absolute Gasteiger partial charge is 0.333 e. The van der Waals surface area contributed by atoms with E-state index in [0.29, 0.717) is 119 Å². The molecule has 0 spiro atoms. The van der Waals surface area contributed by atoms with Gasteiger partial charge in [0.1, 0.15) is 68.4 Å². The zero-order valence-electron chi connectivity index (χ0n) is 55.9. The van der Waals surface area contributed by atoms with Gasteiger partial charge in [-0.05, 0) is 121 Å². The Morgan fingerprint density at radius 2 is 0.660 bits per heavy atom. The van der Waals surface area contributed by atoms with Crippen LogP contribution in [0.3, 0.4) is 0 Å². The van der Waals surface area contributed by atoms with Gasteiger partial charge in [0, 0.05) is 102 Å². The fourth-order valence-electron chi connectivity index (χ4n) is 11.3. The van der Waals surface area contributed by atoms with E-state index in [-0.39, 0.29) is 87.0 Å². The summed E-state index contributed by atoms with van der Waals surface area (Å²) in [6, 6.07) is 28.6. The lowest BCUT2D eigenvalue weighted by Gasteiger charge is -2.27. The Hall–Kier alpha value is -11.0. The van der Waals surface area contributed by atoms with Crippen molar-refractivity contribution in [1.29, 1.82) is 0 Å². The summed E-state index contributed by atoms with van der Waals surface area (Å²) in [6.07, 6.45) is 7.13. The van der Waals surface area contributed by atoms with E-state index in [0.717, 1.165) is 12.8 Å². The van der Waals surface area contributed by atoms with Gasteiger partial charge in [-0.2, -0.15) is 0 Å². The number of hydrogen-bond donors (Lipinski definition) is 0. The standard InChI is InChI=1S/C27H23NO6.C26H27NO8.C23H29NO4/c1-4-28-25(30)19-11-10-18(24(29)17-8-6-5-7-9-17)23-21(13-12-20(22(19)23)26(28)31)33-14-15-34-27(32)16(2)3;1-6-27-23(28)17-7-9-19(32-11-13-34-25(30)15(2)3)22-20(10-8-18(21(17)22)24(27)29)33-12-14-35-26(31)16(4)5;1-4-6-7-8-9-10-15-28-19-14-12-17-20-16(11-13-18(27-3)21(19)20)22(25)24(5-2)23(17)26/h5-13H,2,4,14-15H2,1,3H3;7-10H,2,4,6,11-14H2,1,3,5H3;11-14H,4-10,15H2,1-3H3. The second-order valence-electron chi connectivity index (χ2n) is 22.8. The maximum atomic E-state index is 13.4. The molecule has 97 heavy (non-hydrogen) atoms. The summed E-state index contributed by atoms with van der Waals surface area (Å²) in [4.78, 5) is 129. The second kappa shape index (κ2) is 32.9. The highest BCUT2D eigenvalue weighted by Gasteiger charge is 2.37.